The van der Waals surface area contributed by atoms with Gasteiger partial charge in [-0.2, -0.15) is 0 Å². The molecule has 4 nitrogen and oxygen atoms in total. The van der Waals surface area contributed by atoms with Crippen LogP contribution in [0.4, 0.5) is 17.2 Å². The number of aliphatic imine (C=N–C) groups is 1. The normalized spacial score (nSPS) is 13.1. The summed E-state index contributed by atoms with van der Waals surface area (Å²) in [6, 6.07) is 20.3. The summed E-state index contributed by atoms with van der Waals surface area (Å²) in [5.41, 5.74) is 4.27. The van der Waals surface area contributed by atoms with Crippen LogP contribution in [0.5, 0.6) is 0 Å². The van der Waals surface area contributed by atoms with Crippen molar-refractivity contribution >= 4 is 34.6 Å². The summed E-state index contributed by atoms with van der Waals surface area (Å²) in [5, 5.41) is 0.727. The number of amidine groups is 1. The lowest BCUT2D eigenvalue weighted by atomic mass is 10.1. The van der Waals surface area contributed by atoms with Gasteiger partial charge in [0.1, 0.15) is 11.7 Å². The number of halogens is 1. The molecule has 0 aliphatic carbocycles. The maximum absolute atomic E-state index is 6.10. The van der Waals surface area contributed by atoms with Crippen LogP contribution in [0.2, 0.25) is 5.02 Å². The van der Waals surface area contributed by atoms with Crippen LogP contribution in [0.15, 0.2) is 71.9 Å². The molecular weight excluding hydrogens is 368 g/mol. The second-order valence-corrected chi connectivity index (χ2v) is 7.14. The summed E-state index contributed by atoms with van der Waals surface area (Å²) in [6.45, 7) is 6.92. The smallest absolute Gasteiger partial charge is 0.142 e. The van der Waals surface area contributed by atoms with E-state index in [4.69, 9.17) is 21.6 Å². The summed E-state index contributed by atoms with van der Waals surface area (Å²) >= 11 is 6.10. The standard InChI is InChI=1S/C23H23ClN4/c1-3-27(4-2)22-14-9-17(15-25-22)23-26-21-8-6-5-7-18(21)16-28(23)20-12-10-19(24)11-13-20/h5-15H,3-4,16H2,1-2H3. The Labute approximate surface area is 171 Å². The molecule has 2 heterocycles. The number of hydrogen-bond donors (Lipinski definition) is 0. The summed E-state index contributed by atoms with van der Waals surface area (Å²) in [5.74, 6) is 1.89. The van der Waals surface area contributed by atoms with Gasteiger partial charge in [0.05, 0.1) is 12.2 Å². The van der Waals surface area contributed by atoms with Gasteiger partial charge in [0.2, 0.25) is 0 Å². The number of anilines is 2. The molecule has 1 aliphatic rings. The molecule has 1 aromatic heterocycles. The van der Waals surface area contributed by atoms with Crippen molar-refractivity contribution in [2.75, 3.05) is 22.9 Å². The third kappa shape index (κ3) is 3.60. The minimum Gasteiger partial charge on any atom is -0.357 e. The topological polar surface area (TPSA) is 31.7 Å². The van der Waals surface area contributed by atoms with E-state index < -0.39 is 0 Å². The SMILES string of the molecule is CCN(CC)c1ccc(C2=Nc3ccccc3CN2c2ccc(Cl)cc2)cn1. The van der Waals surface area contributed by atoms with Crippen molar-refractivity contribution in [2.24, 2.45) is 4.99 Å². The summed E-state index contributed by atoms with van der Waals surface area (Å²) in [4.78, 5) is 14.1. The lowest BCUT2D eigenvalue weighted by Gasteiger charge is -2.31. The van der Waals surface area contributed by atoms with Gasteiger partial charge in [-0.1, -0.05) is 29.8 Å². The van der Waals surface area contributed by atoms with E-state index in [9.17, 15) is 0 Å². The van der Waals surface area contributed by atoms with Crippen LogP contribution in [0.3, 0.4) is 0 Å². The quantitative estimate of drug-likeness (QED) is 0.561. The molecule has 1 aliphatic heterocycles. The van der Waals surface area contributed by atoms with Crippen LogP contribution >= 0.6 is 11.6 Å². The molecule has 0 N–H and O–H groups in total. The fourth-order valence-corrected chi connectivity index (χ4v) is 3.61. The first kappa shape index (κ1) is 18.5. The van der Waals surface area contributed by atoms with E-state index in [-0.39, 0.29) is 0 Å². The molecule has 0 saturated heterocycles. The molecule has 0 spiro atoms. The number of para-hydroxylation sites is 1. The Morgan fingerprint density at radius 2 is 1.71 bits per heavy atom. The van der Waals surface area contributed by atoms with Gasteiger partial charge in [0.15, 0.2) is 0 Å². The highest BCUT2D eigenvalue weighted by Crippen LogP contribution is 2.32. The zero-order chi connectivity index (χ0) is 19.5. The van der Waals surface area contributed by atoms with Crippen molar-refractivity contribution in [1.29, 1.82) is 0 Å². The summed E-state index contributed by atoms with van der Waals surface area (Å²) in [6.07, 6.45) is 1.92. The van der Waals surface area contributed by atoms with Crippen LogP contribution in [0.25, 0.3) is 0 Å². The Morgan fingerprint density at radius 1 is 0.964 bits per heavy atom. The molecule has 2 aromatic carbocycles. The minimum absolute atomic E-state index is 0.727. The van der Waals surface area contributed by atoms with Gasteiger partial charge in [0, 0.05) is 35.6 Å². The Morgan fingerprint density at radius 3 is 2.39 bits per heavy atom. The highest BCUT2D eigenvalue weighted by atomic mass is 35.5. The number of rotatable bonds is 5. The largest absolute Gasteiger partial charge is 0.357 e. The number of fused-ring (bicyclic) bond motifs is 1. The van der Waals surface area contributed by atoms with E-state index in [0.29, 0.717) is 0 Å². The van der Waals surface area contributed by atoms with E-state index in [1.54, 1.807) is 0 Å². The first-order valence-corrected chi connectivity index (χ1v) is 9.98. The average Bonchev–Trinajstić information content (AvgIpc) is 2.75. The van der Waals surface area contributed by atoms with Crippen molar-refractivity contribution < 1.29 is 0 Å². The van der Waals surface area contributed by atoms with Gasteiger partial charge in [0.25, 0.3) is 0 Å². The molecule has 0 bridgehead atoms. The van der Waals surface area contributed by atoms with Crippen molar-refractivity contribution in [3.63, 3.8) is 0 Å². The van der Waals surface area contributed by atoms with Crippen LogP contribution in [0.1, 0.15) is 25.0 Å². The summed E-state index contributed by atoms with van der Waals surface area (Å²) in [7, 11) is 0. The molecule has 0 saturated carbocycles. The van der Waals surface area contributed by atoms with Gasteiger partial charge in [-0.15, -0.1) is 0 Å². The van der Waals surface area contributed by atoms with Gasteiger partial charge in [-0.25, -0.2) is 9.98 Å². The highest BCUT2D eigenvalue weighted by Gasteiger charge is 2.23. The first-order valence-electron chi connectivity index (χ1n) is 9.60. The average molecular weight is 391 g/mol. The maximum Gasteiger partial charge on any atom is 0.142 e. The fraction of sp³-hybridized carbons (Fsp3) is 0.217. The zero-order valence-electron chi connectivity index (χ0n) is 16.1. The predicted molar refractivity (Wildman–Crippen MR) is 118 cm³/mol. The molecule has 0 amide bonds. The van der Waals surface area contributed by atoms with Crippen LogP contribution < -0.4 is 9.80 Å². The zero-order valence-corrected chi connectivity index (χ0v) is 16.9. The van der Waals surface area contributed by atoms with E-state index in [0.717, 1.165) is 53.2 Å². The Kier molecular flexibility index (Phi) is 5.31. The monoisotopic (exact) mass is 390 g/mol. The molecule has 0 atom stereocenters. The maximum atomic E-state index is 6.10. The van der Waals surface area contributed by atoms with Crippen molar-refractivity contribution in [1.82, 2.24) is 4.98 Å². The number of benzene rings is 2. The predicted octanol–water partition coefficient (Wildman–Crippen LogP) is 5.68. The summed E-state index contributed by atoms with van der Waals surface area (Å²) < 4.78 is 0. The van der Waals surface area contributed by atoms with Gasteiger partial charge in [-0.3, -0.25) is 0 Å². The number of pyridine rings is 1. The molecule has 0 radical (unpaired) electrons. The molecule has 4 rings (SSSR count). The highest BCUT2D eigenvalue weighted by molar-refractivity contribution is 6.30. The van der Waals surface area contributed by atoms with E-state index in [1.165, 1.54) is 5.56 Å². The Balaban J connectivity index is 1.76. The van der Waals surface area contributed by atoms with Crippen molar-refractivity contribution in [3.05, 3.63) is 83.0 Å². The third-order valence-corrected chi connectivity index (χ3v) is 5.29. The molecule has 5 heteroatoms. The van der Waals surface area contributed by atoms with Crippen LogP contribution in [-0.2, 0) is 6.54 Å². The Hall–Kier alpha value is -2.85. The van der Waals surface area contributed by atoms with Crippen LogP contribution in [0, 0.1) is 0 Å². The molecule has 0 unspecified atom stereocenters. The van der Waals surface area contributed by atoms with Gasteiger partial charge >= 0.3 is 0 Å². The number of aromatic nitrogens is 1. The minimum atomic E-state index is 0.727. The lowest BCUT2D eigenvalue weighted by molar-refractivity contribution is 0.845. The lowest BCUT2D eigenvalue weighted by Crippen LogP contribution is -2.33. The van der Waals surface area contributed by atoms with Crippen molar-refractivity contribution in [2.45, 2.75) is 20.4 Å². The first-order chi connectivity index (χ1) is 13.7. The van der Waals surface area contributed by atoms with E-state index in [2.05, 4.69) is 54.0 Å². The molecule has 28 heavy (non-hydrogen) atoms. The van der Waals surface area contributed by atoms with E-state index in [1.807, 2.05) is 36.5 Å². The second kappa shape index (κ2) is 8.03. The van der Waals surface area contributed by atoms with Gasteiger partial charge in [-0.05, 0) is 61.9 Å². The van der Waals surface area contributed by atoms with Crippen LogP contribution in [-0.4, -0.2) is 23.9 Å². The number of nitrogens with zero attached hydrogens (tertiary/aromatic N) is 4. The van der Waals surface area contributed by atoms with Crippen molar-refractivity contribution in [3.8, 4) is 0 Å². The molecule has 142 valence electrons. The van der Waals surface area contributed by atoms with E-state index >= 15 is 0 Å². The fourth-order valence-electron chi connectivity index (χ4n) is 3.48. The second-order valence-electron chi connectivity index (χ2n) is 6.70. The van der Waals surface area contributed by atoms with Gasteiger partial charge < -0.3 is 9.80 Å². The molecular formula is C23H23ClN4. The third-order valence-electron chi connectivity index (χ3n) is 5.03. The Bertz CT molecular complexity index is 976. The number of hydrogen-bond acceptors (Lipinski definition) is 4. The molecule has 0 fully saturated rings. The molecule has 3 aromatic rings.